The highest BCUT2D eigenvalue weighted by Gasteiger charge is 2.27. The van der Waals surface area contributed by atoms with Gasteiger partial charge in [-0.05, 0) is 51.0 Å². The summed E-state index contributed by atoms with van der Waals surface area (Å²) in [5.74, 6) is -0.362. The lowest BCUT2D eigenvalue weighted by atomic mass is 10.1. The van der Waals surface area contributed by atoms with Crippen molar-refractivity contribution in [3.63, 3.8) is 0 Å². The van der Waals surface area contributed by atoms with Gasteiger partial charge in [-0.25, -0.2) is 9.07 Å². The van der Waals surface area contributed by atoms with Crippen LogP contribution in [0.4, 0.5) is 4.39 Å². The molecule has 6 heteroatoms. The third-order valence-electron chi connectivity index (χ3n) is 4.33. The van der Waals surface area contributed by atoms with Crippen LogP contribution in [-0.2, 0) is 0 Å². The van der Waals surface area contributed by atoms with Crippen LogP contribution in [0.1, 0.15) is 34.6 Å². The predicted molar refractivity (Wildman–Crippen MR) is 84.1 cm³/mol. The summed E-state index contributed by atoms with van der Waals surface area (Å²) >= 11 is 0. The molecule has 1 aromatic carbocycles. The maximum atomic E-state index is 13.1. The number of hydrogen-bond acceptors (Lipinski definition) is 3. The molecular formula is C17H20FN3O2. The van der Waals surface area contributed by atoms with E-state index in [9.17, 15) is 14.3 Å². The maximum absolute atomic E-state index is 13.1. The van der Waals surface area contributed by atoms with Gasteiger partial charge < -0.3 is 10.0 Å². The first-order valence-electron chi connectivity index (χ1n) is 7.77. The number of amides is 1. The van der Waals surface area contributed by atoms with Crippen LogP contribution in [-0.4, -0.2) is 44.9 Å². The molecule has 1 aliphatic rings. The van der Waals surface area contributed by atoms with E-state index in [1.165, 1.54) is 12.1 Å². The molecule has 1 N–H and O–H groups in total. The second-order valence-corrected chi connectivity index (χ2v) is 5.96. The lowest BCUT2D eigenvalue weighted by Gasteiger charge is -2.29. The Bertz CT molecular complexity index is 716. The number of halogens is 1. The van der Waals surface area contributed by atoms with E-state index in [0.29, 0.717) is 37.2 Å². The van der Waals surface area contributed by atoms with Crippen molar-refractivity contribution in [3.05, 3.63) is 47.0 Å². The Morgan fingerprint density at radius 1 is 1.22 bits per heavy atom. The minimum atomic E-state index is -0.316. The van der Waals surface area contributed by atoms with Crippen LogP contribution in [0.3, 0.4) is 0 Å². The van der Waals surface area contributed by atoms with E-state index in [4.69, 9.17) is 0 Å². The van der Waals surface area contributed by atoms with Gasteiger partial charge in [0.2, 0.25) is 0 Å². The zero-order valence-electron chi connectivity index (χ0n) is 13.3. The summed E-state index contributed by atoms with van der Waals surface area (Å²) in [5.41, 5.74) is 2.71. The van der Waals surface area contributed by atoms with E-state index in [-0.39, 0.29) is 17.8 Å². The van der Waals surface area contributed by atoms with Crippen molar-refractivity contribution in [1.29, 1.82) is 0 Å². The number of piperidine rings is 1. The van der Waals surface area contributed by atoms with E-state index in [2.05, 4.69) is 5.10 Å². The minimum absolute atomic E-state index is 0.0553. The molecule has 1 fully saturated rings. The number of rotatable bonds is 2. The highest BCUT2D eigenvalue weighted by Crippen LogP contribution is 2.22. The largest absolute Gasteiger partial charge is 0.393 e. The van der Waals surface area contributed by atoms with Gasteiger partial charge in [-0.1, -0.05) is 0 Å². The van der Waals surface area contributed by atoms with Crippen molar-refractivity contribution in [2.45, 2.75) is 32.8 Å². The molecule has 0 bridgehead atoms. The Morgan fingerprint density at radius 2 is 1.83 bits per heavy atom. The Morgan fingerprint density at radius 3 is 2.43 bits per heavy atom. The van der Waals surface area contributed by atoms with Gasteiger partial charge in [0.15, 0.2) is 0 Å². The highest BCUT2D eigenvalue weighted by molar-refractivity contribution is 5.96. The summed E-state index contributed by atoms with van der Waals surface area (Å²) in [7, 11) is 0. The normalized spacial score (nSPS) is 15.9. The molecule has 23 heavy (non-hydrogen) atoms. The van der Waals surface area contributed by atoms with E-state index < -0.39 is 0 Å². The molecule has 2 aromatic rings. The molecule has 1 saturated heterocycles. The van der Waals surface area contributed by atoms with Crippen molar-refractivity contribution >= 4 is 5.91 Å². The van der Waals surface area contributed by atoms with E-state index in [1.54, 1.807) is 28.6 Å². The minimum Gasteiger partial charge on any atom is -0.393 e. The van der Waals surface area contributed by atoms with Gasteiger partial charge in [0.1, 0.15) is 5.82 Å². The summed E-state index contributed by atoms with van der Waals surface area (Å²) in [4.78, 5) is 14.5. The second kappa shape index (κ2) is 6.12. The number of nitrogens with zero attached hydrogens (tertiary/aromatic N) is 3. The molecule has 0 unspecified atom stereocenters. The van der Waals surface area contributed by atoms with Crippen molar-refractivity contribution in [2.75, 3.05) is 13.1 Å². The molecule has 122 valence electrons. The molecule has 2 heterocycles. The number of carbonyl (C=O) groups is 1. The molecule has 0 radical (unpaired) electrons. The topological polar surface area (TPSA) is 58.4 Å². The summed E-state index contributed by atoms with van der Waals surface area (Å²) in [6.07, 6.45) is 0.898. The maximum Gasteiger partial charge on any atom is 0.257 e. The van der Waals surface area contributed by atoms with Gasteiger partial charge in [0.25, 0.3) is 5.91 Å². The number of benzene rings is 1. The van der Waals surface area contributed by atoms with Crippen LogP contribution in [0, 0.1) is 19.7 Å². The Hall–Kier alpha value is -2.21. The van der Waals surface area contributed by atoms with E-state index >= 15 is 0 Å². The summed E-state index contributed by atoms with van der Waals surface area (Å²) in [6, 6.07) is 6.03. The summed E-state index contributed by atoms with van der Waals surface area (Å²) < 4.78 is 14.7. The number of likely N-dealkylation sites (tertiary alicyclic amines) is 1. The Balaban J connectivity index is 1.91. The molecule has 1 amide bonds. The predicted octanol–water partition coefficient (Wildman–Crippen LogP) is 2.23. The van der Waals surface area contributed by atoms with Crippen molar-refractivity contribution in [2.24, 2.45) is 0 Å². The lowest BCUT2D eigenvalue weighted by Crippen LogP contribution is -2.40. The van der Waals surface area contributed by atoms with Crippen LogP contribution in [0.25, 0.3) is 5.69 Å². The first-order valence-corrected chi connectivity index (χ1v) is 7.77. The average Bonchev–Trinajstić information content (AvgIpc) is 2.83. The monoisotopic (exact) mass is 317 g/mol. The van der Waals surface area contributed by atoms with Gasteiger partial charge >= 0.3 is 0 Å². The quantitative estimate of drug-likeness (QED) is 0.924. The van der Waals surface area contributed by atoms with Crippen LogP contribution in [0.15, 0.2) is 24.3 Å². The fourth-order valence-electron chi connectivity index (χ4n) is 3.01. The third kappa shape index (κ3) is 2.99. The van der Waals surface area contributed by atoms with Crippen molar-refractivity contribution in [1.82, 2.24) is 14.7 Å². The van der Waals surface area contributed by atoms with Crippen LogP contribution in [0.5, 0.6) is 0 Å². The fraction of sp³-hybridized carbons (Fsp3) is 0.412. The Kier molecular flexibility index (Phi) is 4.17. The van der Waals surface area contributed by atoms with Crippen molar-refractivity contribution < 1.29 is 14.3 Å². The van der Waals surface area contributed by atoms with Crippen molar-refractivity contribution in [3.8, 4) is 5.69 Å². The first-order chi connectivity index (χ1) is 11.0. The van der Waals surface area contributed by atoms with Crippen LogP contribution >= 0.6 is 0 Å². The van der Waals surface area contributed by atoms with Crippen LogP contribution in [0.2, 0.25) is 0 Å². The molecular weight excluding hydrogens is 297 g/mol. The van der Waals surface area contributed by atoms with Gasteiger partial charge in [-0.2, -0.15) is 5.10 Å². The molecule has 3 rings (SSSR count). The zero-order chi connectivity index (χ0) is 16.6. The van der Waals surface area contributed by atoms with E-state index in [1.807, 2.05) is 6.92 Å². The fourth-order valence-corrected chi connectivity index (χ4v) is 3.01. The number of hydrogen-bond donors (Lipinski definition) is 1. The number of aliphatic hydroxyl groups is 1. The van der Waals surface area contributed by atoms with E-state index in [0.717, 1.165) is 11.4 Å². The van der Waals surface area contributed by atoms with Gasteiger partial charge in [-0.3, -0.25) is 4.79 Å². The molecule has 1 aliphatic heterocycles. The number of aryl methyl sites for hydroxylation is 1. The Labute approximate surface area is 134 Å². The standard InChI is InChI=1S/C17H20FN3O2/c1-11-16(17(23)20-9-7-15(22)8-10-20)12(2)21(19-11)14-5-3-13(18)4-6-14/h3-6,15,22H,7-10H2,1-2H3. The van der Waals surface area contributed by atoms with Gasteiger partial charge in [-0.15, -0.1) is 0 Å². The molecule has 0 saturated carbocycles. The van der Waals surface area contributed by atoms with Gasteiger partial charge in [0.05, 0.1) is 28.7 Å². The summed E-state index contributed by atoms with van der Waals surface area (Å²) in [5, 5.41) is 14.0. The van der Waals surface area contributed by atoms with Gasteiger partial charge in [0, 0.05) is 13.1 Å². The smallest absolute Gasteiger partial charge is 0.257 e. The molecule has 5 nitrogen and oxygen atoms in total. The number of aliphatic hydroxyl groups excluding tert-OH is 1. The third-order valence-corrected chi connectivity index (χ3v) is 4.33. The SMILES string of the molecule is Cc1nn(-c2ccc(F)cc2)c(C)c1C(=O)N1CCC(O)CC1. The molecule has 1 aromatic heterocycles. The first kappa shape index (κ1) is 15.7. The summed E-state index contributed by atoms with van der Waals surface area (Å²) in [6.45, 7) is 4.76. The second-order valence-electron chi connectivity index (χ2n) is 5.96. The molecule has 0 aliphatic carbocycles. The average molecular weight is 317 g/mol. The molecule has 0 spiro atoms. The lowest BCUT2D eigenvalue weighted by molar-refractivity contribution is 0.0545. The number of carbonyl (C=O) groups excluding carboxylic acids is 1. The molecule has 0 atom stereocenters. The van der Waals surface area contributed by atoms with Crippen LogP contribution < -0.4 is 0 Å². The zero-order valence-corrected chi connectivity index (χ0v) is 13.3. The highest BCUT2D eigenvalue weighted by atomic mass is 19.1. The number of aromatic nitrogens is 2.